The molecule has 88 valence electrons. The van der Waals surface area contributed by atoms with Gasteiger partial charge in [0.05, 0.1) is 10.5 Å². The van der Waals surface area contributed by atoms with Crippen LogP contribution in [-0.4, -0.2) is 10.8 Å². The van der Waals surface area contributed by atoms with Crippen LogP contribution in [0.3, 0.4) is 0 Å². The average molecular weight is 248 g/mol. The van der Waals surface area contributed by atoms with Gasteiger partial charge in [-0.05, 0) is 31.9 Å². The summed E-state index contributed by atoms with van der Waals surface area (Å²) >= 11 is 6.38. The molecule has 3 heteroatoms. The maximum Gasteiger partial charge on any atom is 0.130 e. The van der Waals surface area contributed by atoms with Crippen LogP contribution in [0.5, 0.6) is 0 Å². The van der Waals surface area contributed by atoms with Crippen molar-refractivity contribution in [2.24, 2.45) is 0 Å². The number of Topliss-reactive ketones (excluding diaryl/α,β-unsaturated/α-hetero) is 1. The Morgan fingerprint density at radius 3 is 2.76 bits per heavy atom. The molecule has 17 heavy (non-hydrogen) atoms. The molecule has 0 spiro atoms. The van der Waals surface area contributed by atoms with E-state index in [0.717, 1.165) is 27.2 Å². The summed E-state index contributed by atoms with van der Waals surface area (Å²) in [5.41, 5.74) is 2.80. The van der Waals surface area contributed by atoms with Crippen LogP contribution in [0.15, 0.2) is 24.3 Å². The molecule has 0 N–H and O–H groups in total. The molecule has 1 heterocycles. The van der Waals surface area contributed by atoms with Crippen LogP contribution >= 0.6 is 11.6 Å². The van der Waals surface area contributed by atoms with Crippen molar-refractivity contribution in [3.05, 3.63) is 40.5 Å². The van der Waals surface area contributed by atoms with Crippen molar-refractivity contribution in [1.82, 2.24) is 4.98 Å². The molecule has 0 fully saturated rings. The van der Waals surface area contributed by atoms with E-state index in [2.05, 4.69) is 4.98 Å². The van der Waals surface area contributed by atoms with Gasteiger partial charge in [0.1, 0.15) is 5.78 Å². The summed E-state index contributed by atoms with van der Waals surface area (Å²) in [6, 6.07) is 7.80. The van der Waals surface area contributed by atoms with Gasteiger partial charge in [-0.3, -0.25) is 4.98 Å². The molecule has 0 amide bonds. The number of aromatic nitrogens is 1. The standard InChI is InChI=1S/C14H14ClNO/c1-9(17)7-8-11-10(2)16-13-6-4-3-5-12(13)14(11)15/h3-6H,7-8H2,1-2H3. The van der Waals surface area contributed by atoms with Crippen molar-refractivity contribution in [1.29, 1.82) is 0 Å². The number of carbonyl (C=O) groups excluding carboxylic acids is 1. The van der Waals surface area contributed by atoms with Gasteiger partial charge in [0, 0.05) is 17.5 Å². The van der Waals surface area contributed by atoms with E-state index in [-0.39, 0.29) is 5.78 Å². The first kappa shape index (κ1) is 12.1. The fourth-order valence-electron chi connectivity index (χ4n) is 1.92. The molecule has 0 saturated heterocycles. The fraction of sp³-hybridized carbons (Fsp3) is 0.286. The van der Waals surface area contributed by atoms with E-state index in [1.807, 2.05) is 31.2 Å². The lowest BCUT2D eigenvalue weighted by Gasteiger charge is -2.10. The SMILES string of the molecule is CC(=O)CCc1c(C)nc2ccccc2c1Cl. The number of ketones is 1. The number of fused-ring (bicyclic) bond motifs is 1. The summed E-state index contributed by atoms with van der Waals surface area (Å²) in [6.45, 7) is 3.53. The Labute approximate surface area is 106 Å². The van der Waals surface area contributed by atoms with Crippen LogP contribution < -0.4 is 0 Å². The molecule has 2 aromatic rings. The second-order valence-corrected chi connectivity index (χ2v) is 4.59. The van der Waals surface area contributed by atoms with Gasteiger partial charge in [-0.25, -0.2) is 0 Å². The number of carbonyl (C=O) groups is 1. The van der Waals surface area contributed by atoms with Gasteiger partial charge in [0.25, 0.3) is 0 Å². The van der Waals surface area contributed by atoms with E-state index >= 15 is 0 Å². The molecule has 0 bridgehead atoms. The number of halogens is 1. The number of benzene rings is 1. The van der Waals surface area contributed by atoms with Gasteiger partial charge < -0.3 is 4.79 Å². The third-order valence-corrected chi connectivity index (χ3v) is 3.29. The average Bonchev–Trinajstić information content (AvgIpc) is 2.28. The first-order valence-corrected chi connectivity index (χ1v) is 6.00. The normalized spacial score (nSPS) is 10.8. The maximum absolute atomic E-state index is 11.0. The molecule has 0 atom stereocenters. The number of hydrogen-bond donors (Lipinski definition) is 0. The highest BCUT2D eigenvalue weighted by Crippen LogP contribution is 2.28. The molecule has 1 aromatic carbocycles. The van der Waals surface area contributed by atoms with E-state index in [1.165, 1.54) is 0 Å². The zero-order valence-corrected chi connectivity index (χ0v) is 10.7. The van der Waals surface area contributed by atoms with Crippen LogP contribution in [-0.2, 0) is 11.2 Å². The predicted octanol–water partition coefficient (Wildman–Crippen LogP) is 3.72. The van der Waals surface area contributed by atoms with E-state index < -0.39 is 0 Å². The minimum atomic E-state index is 0.175. The third kappa shape index (κ3) is 2.47. The molecule has 0 aliphatic heterocycles. The first-order chi connectivity index (χ1) is 8.09. The molecule has 1 aromatic heterocycles. The molecular formula is C14H14ClNO. The summed E-state index contributed by atoms with van der Waals surface area (Å²) in [5.74, 6) is 0.175. The van der Waals surface area contributed by atoms with Gasteiger partial charge in [0.2, 0.25) is 0 Å². The Morgan fingerprint density at radius 1 is 1.35 bits per heavy atom. The van der Waals surface area contributed by atoms with Crippen molar-refractivity contribution >= 4 is 28.3 Å². The Hall–Kier alpha value is -1.41. The Bertz CT molecular complexity index is 578. The lowest BCUT2D eigenvalue weighted by atomic mass is 10.0. The highest BCUT2D eigenvalue weighted by molar-refractivity contribution is 6.36. The fourth-order valence-corrected chi connectivity index (χ4v) is 2.31. The summed E-state index contributed by atoms with van der Waals surface area (Å²) in [5, 5.41) is 1.69. The number of pyridine rings is 1. The highest BCUT2D eigenvalue weighted by atomic mass is 35.5. The summed E-state index contributed by atoms with van der Waals surface area (Å²) in [6.07, 6.45) is 1.18. The van der Waals surface area contributed by atoms with Crippen LogP contribution in [0.4, 0.5) is 0 Å². The molecule has 0 radical (unpaired) electrons. The van der Waals surface area contributed by atoms with E-state index in [4.69, 9.17) is 11.6 Å². The van der Waals surface area contributed by atoms with Crippen LogP contribution in [0.1, 0.15) is 24.6 Å². The highest BCUT2D eigenvalue weighted by Gasteiger charge is 2.11. The summed E-state index contributed by atoms with van der Waals surface area (Å²) in [7, 11) is 0. The van der Waals surface area contributed by atoms with Crippen molar-refractivity contribution in [3.8, 4) is 0 Å². The molecule has 0 saturated carbocycles. The smallest absolute Gasteiger partial charge is 0.130 e. The number of hydrogen-bond acceptors (Lipinski definition) is 2. The Kier molecular flexibility index (Phi) is 3.43. The second-order valence-electron chi connectivity index (χ2n) is 4.21. The minimum absolute atomic E-state index is 0.175. The van der Waals surface area contributed by atoms with Gasteiger partial charge in [-0.1, -0.05) is 29.8 Å². The van der Waals surface area contributed by atoms with Crippen LogP contribution in [0.25, 0.3) is 10.9 Å². The zero-order chi connectivity index (χ0) is 12.4. The lowest BCUT2D eigenvalue weighted by molar-refractivity contribution is -0.116. The number of nitrogens with zero attached hydrogens (tertiary/aromatic N) is 1. The molecule has 0 aliphatic carbocycles. The quantitative estimate of drug-likeness (QED) is 0.828. The van der Waals surface area contributed by atoms with E-state index in [0.29, 0.717) is 12.8 Å². The molecule has 0 aliphatic rings. The minimum Gasteiger partial charge on any atom is -0.300 e. The zero-order valence-electron chi connectivity index (χ0n) is 9.96. The number of aryl methyl sites for hydroxylation is 1. The van der Waals surface area contributed by atoms with Gasteiger partial charge in [-0.15, -0.1) is 0 Å². The monoisotopic (exact) mass is 247 g/mol. The van der Waals surface area contributed by atoms with Crippen molar-refractivity contribution in [2.45, 2.75) is 26.7 Å². The lowest BCUT2D eigenvalue weighted by Crippen LogP contribution is -2.00. The third-order valence-electron chi connectivity index (χ3n) is 2.86. The molecular weight excluding hydrogens is 234 g/mol. The van der Waals surface area contributed by atoms with Crippen LogP contribution in [0, 0.1) is 6.92 Å². The van der Waals surface area contributed by atoms with Crippen LogP contribution in [0.2, 0.25) is 5.02 Å². The Balaban J connectivity index is 2.51. The molecule has 0 unspecified atom stereocenters. The maximum atomic E-state index is 11.0. The summed E-state index contributed by atoms with van der Waals surface area (Å²) in [4.78, 5) is 15.6. The number of rotatable bonds is 3. The van der Waals surface area contributed by atoms with Gasteiger partial charge in [-0.2, -0.15) is 0 Å². The molecule has 2 rings (SSSR count). The topological polar surface area (TPSA) is 30.0 Å². The first-order valence-electron chi connectivity index (χ1n) is 5.62. The Morgan fingerprint density at radius 2 is 2.06 bits per heavy atom. The predicted molar refractivity (Wildman–Crippen MR) is 70.5 cm³/mol. The largest absolute Gasteiger partial charge is 0.300 e. The summed E-state index contributed by atoms with van der Waals surface area (Å²) < 4.78 is 0. The van der Waals surface area contributed by atoms with Crippen molar-refractivity contribution in [2.75, 3.05) is 0 Å². The second kappa shape index (κ2) is 4.84. The van der Waals surface area contributed by atoms with Crippen molar-refractivity contribution < 1.29 is 4.79 Å². The van der Waals surface area contributed by atoms with E-state index in [1.54, 1.807) is 6.92 Å². The molecule has 2 nitrogen and oxygen atoms in total. The van der Waals surface area contributed by atoms with Gasteiger partial charge >= 0.3 is 0 Å². The van der Waals surface area contributed by atoms with E-state index in [9.17, 15) is 4.79 Å². The number of para-hydroxylation sites is 1. The van der Waals surface area contributed by atoms with Crippen molar-refractivity contribution in [3.63, 3.8) is 0 Å². The van der Waals surface area contributed by atoms with Gasteiger partial charge in [0.15, 0.2) is 0 Å².